The van der Waals surface area contributed by atoms with Crippen molar-refractivity contribution in [1.29, 1.82) is 0 Å². The average molecular weight is 520 g/mol. The van der Waals surface area contributed by atoms with Gasteiger partial charge in [0.05, 0.1) is 59.7 Å². The van der Waals surface area contributed by atoms with E-state index in [1.54, 1.807) is 26.4 Å². The normalized spacial score (nSPS) is 9.59. The molecule has 0 amide bonds. The number of methoxy groups -OCH3 is 2. The summed E-state index contributed by atoms with van der Waals surface area (Å²) < 4.78 is 63.4. The Hall–Kier alpha value is -1.48. The van der Waals surface area contributed by atoms with Crippen molar-refractivity contribution >= 4 is 10.1 Å². The van der Waals surface area contributed by atoms with Crippen molar-refractivity contribution in [2.45, 2.75) is 11.8 Å². The second-order valence-electron chi connectivity index (χ2n) is 5.34. The van der Waals surface area contributed by atoms with Gasteiger partial charge in [-0.15, -0.1) is 0 Å². The Labute approximate surface area is 223 Å². The first-order valence-electron chi connectivity index (χ1n) is 9.95. The van der Waals surface area contributed by atoms with E-state index in [0.717, 1.165) is 5.56 Å². The molecule has 0 aliphatic rings. The summed E-state index contributed by atoms with van der Waals surface area (Å²) >= 11 is 0. The third kappa shape index (κ3) is 28.6. The van der Waals surface area contributed by atoms with Crippen molar-refractivity contribution in [3.63, 3.8) is 0 Å². The molecule has 0 radical (unpaired) electrons. The standard InChI is InChI=1S/C12H18O5S.C5H11N3O2.CH3F.N3.Na/c1-11-3-5-12(6-4-11)18(13,14)17-10-9-16-8-7-15-2;1-9-4-5-10-3-2-7-8-6;1-2;1-3-2;/h3-6H,7-10H2,1-2H3;2-5H2,1H3;1H3;;/q;;;-1;+1/i;;1D;;. The smallest absolute Gasteiger partial charge is 0.382 e. The maximum atomic E-state index is 11.7. The van der Waals surface area contributed by atoms with Gasteiger partial charge in [0.1, 0.15) is 0 Å². The summed E-state index contributed by atoms with van der Waals surface area (Å²) in [5, 5.41) is 3.28. The van der Waals surface area contributed by atoms with Gasteiger partial charge in [-0.2, -0.15) is 8.42 Å². The Morgan fingerprint density at radius 2 is 1.38 bits per heavy atom. The molecule has 0 aliphatic heterocycles. The predicted octanol–water partition coefficient (Wildman–Crippen LogP) is 0.779. The molecular weight excluding hydrogens is 486 g/mol. The molecule has 0 N–H and O–H groups in total. The van der Waals surface area contributed by atoms with Gasteiger partial charge in [-0.05, 0) is 24.6 Å². The van der Waals surface area contributed by atoms with Crippen LogP contribution in [-0.2, 0) is 33.2 Å². The molecule has 0 spiro atoms. The van der Waals surface area contributed by atoms with E-state index in [1.165, 1.54) is 17.0 Å². The van der Waals surface area contributed by atoms with E-state index in [0.29, 0.717) is 39.6 Å². The number of alkyl halides is 1. The van der Waals surface area contributed by atoms with Crippen LogP contribution in [0.15, 0.2) is 34.3 Å². The Kier molecular flexibility index (Phi) is 34.4. The van der Waals surface area contributed by atoms with E-state index in [1.807, 2.05) is 6.92 Å². The number of azide groups is 1. The van der Waals surface area contributed by atoms with Crippen LogP contribution < -0.4 is 29.6 Å². The number of aryl methyl sites for hydroxylation is 1. The van der Waals surface area contributed by atoms with Gasteiger partial charge < -0.3 is 30.0 Å². The molecule has 0 saturated heterocycles. The fraction of sp³-hybridized carbons (Fsp3) is 0.667. The van der Waals surface area contributed by atoms with Crippen LogP contribution in [0.1, 0.15) is 6.93 Å². The molecule has 1 rings (SSSR count). The molecule has 0 saturated carbocycles. The fourth-order valence-corrected chi connectivity index (χ4v) is 2.51. The zero-order valence-electron chi connectivity index (χ0n) is 21.0. The Morgan fingerprint density at radius 1 is 0.941 bits per heavy atom. The molecule has 0 heterocycles. The first kappa shape index (κ1) is 37.1. The van der Waals surface area contributed by atoms with Gasteiger partial charge in [-0.25, -0.2) is 0 Å². The molecule has 34 heavy (non-hydrogen) atoms. The SMILES string of the molecule is COCCOCCN=[N+]=[N-].COCCOCCOS(=O)(=O)c1ccc(C)cc1.[2H]CF.[N-]=[N+]=[N-].[Na+]. The van der Waals surface area contributed by atoms with Crippen LogP contribution in [0.25, 0.3) is 26.4 Å². The van der Waals surface area contributed by atoms with Crippen LogP contribution >= 0.6 is 0 Å². The molecule has 0 unspecified atom stereocenters. The minimum atomic E-state index is -3.68. The molecule has 1 aromatic rings. The summed E-state index contributed by atoms with van der Waals surface area (Å²) in [4.78, 5) is 4.22. The number of hydrogen-bond acceptors (Lipinski definition) is 8. The molecule has 0 aromatic heterocycles. The first-order chi connectivity index (χ1) is 16.3. The number of ether oxygens (including phenoxy) is 4. The van der Waals surface area contributed by atoms with Crippen LogP contribution in [0, 0.1) is 6.92 Å². The number of rotatable bonds is 14. The van der Waals surface area contributed by atoms with Crippen LogP contribution in [-0.4, -0.2) is 82.6 Å². The van der Waals surface area contributed by atoms with Gasteiger partial charge >= 0.3 is 29.6 Å². The van der Waals surface area contributed by atoms with Crippen LogP contribution in [0.3, 0.4) is 0 Å². The second-order valence-corrected chi connectivity index (χ2v) is 6.96. The van der Waals surface area contributed by atoms with Gasteiger partial charge in [0.25, 0.3) is 10.1 Å². The molecule has 0 atom stereocenters. The van der Waals surface area contributed by atoms with Crippen molar-refractivity contribution in [2.24, 2.45) is 5.11 Å². The maximum Gasteiger partial charge on any atom is 1.00 e. The zero-order chi connectivity index (χ0) is 26.5. The third-order valence-corrected chi connectivity index (χ3v) is 4.36. The second kappa shape index (κ2) is 31.5. The fourth-order valence-electron chi connectivity index (χ4n) is 1.61. The zero-order valence-corrected chi connectivity index (χ0v) is 22.8. The minimum Gasteiger partial charge on any atom is -0.382 e. The van der Waals surface area contributed by atoms with Crippen LogP contribution in [0.2, 0.25) is 0 Å². The van der Waals surface area contributed by atoms with E-state index < -0.39 is 17.3 Å². The van der Waals surface area contributed by atoms with E-state index in [-0.39, 0.29) is 47.7 Å². The summed E-state index contributed by atoms with van der Waals surface area (Å²) in [5.41, 5.74) is 22.3. The molecule has 0 aliphatic carbocycles. The van der Waals surface area contributed by atoms with Crippen LogP contribution in [0.5, 0.6) is 0 Å². The average Bonchev–Trinajstić information content (AvgIpc) is 2.80. The summed E-state index contributed by atoms with van der Waals surface area (Å²) in [5.74, 6) is 0. The summed E-state index contributed by atoms with van der Waals surface area (Å²) in [7, 11) is -1.50. The van der Waals surface area contributed by atoms with E-state index >= 15 is 0 Å². The van der Waals surface area contributed by atoms with Gasteiger partial charge in [0, 0.05) is 25.7 Å². The molecule has 0 bridgehead atoms. The predicted molar refractivity (Wildman–Crippen MR) is 121 cm³/mol. The summed E-state index contributed by atoms with van der Waals surface area (Å²) in [6.07, 6.45) is 0. The molecular formula is C18H32FN6NaO7S. The Balaban J connectivity index is -0.000000239. The van der Waals surface area contributed by atoms with Gasteiger partial charge in [-0.1, -0.05) is 22.8 Å². The number of nitrogens with zero attached hydrogens (tertiary/aromatic N) is 6. The molecule has 16 heteroatoms. The quantitative estimate of drug-likeness (QED) is 0.0866. The number of halogens is 1. The van der Waals surface area contributed by atoms with E-state index in [2.05, 4.69) is 10.0 Å². The van der Waals surface area contributed by atoms with Crippen molar-refractivity contribution in [1.82, 2.24) is 0 Å². The third-order valence-electron chi connectivity index (χ3n) is 3.04. The van der Waals surface area contributed by atoms with E-state index in [9.17, 15) is 12.8 Å². The van der Waals surface area contributed by atoms with Crippen molar-refractivity contribution < 1.29 is 66.9 Å². The summed E-state index contributed by atoms with van der Waals surface area (Å²) in [6.45, 7) is 4.99. The minimum absolute atomic E-state index is 0. The number of benzene rings is 1. The molecule has 0 fully saturated rings. The van der Waals surface area contributed by atoms with Gasteiger partial charge in [-0.3, -0.25) is 13.5 Å². The Bertz CT molecular complexity index is 769. The van der Waals surface area contributed by atoms with Crippen molar-refractivity contribution in [2.75, 3.05) is 74.2 Å². The topological polar surface area (TPSA) is 188 Å². The Morgan fingerprint density at radius 3 is 1.82 bits per heavy atom. The molecule has 13 nitrogen and oxygen atoms in total. The van der Waals surface area contributed by atoms with Crippen molar-refractivity contribution in [3.05, 3.63) is 56.2 Å². The monoisotopic (exact) mass is 519 g/mol. The van der Waals surface area contributed by atoms with E-state index in [4.69, 9.17) is 41.1 Å². The first-order valence-corrected chi connectivity index (χ1v) is 10.7. The van der Waals surface area contributed by atoms with Gasteiger partial charge in [0.15, 0.2) is 0 Å². The van der Waals surface area contributed by atoms with Gasteiger partial charge in [0.2, 0.25) is 0 Å². The van der Waals surface area contributed by atoms with Crippen LogP contribution in [0.4, 0.5) is 4.39 Å². The van der Waals surface area contributed by atoms with Crippen molar-refractivity contribution in [3.8, 4) is 0 Å². The summed E-state index contributed by atoms with van der Waals surface area (Å²) in [6, 6.07) is 6.50. The largest absolute Gasteiger partial charge is 1.00 e. The number of hydrogen-bond donors (Lipinski definition) is 0. The molecule has 1 aromatic carbocycles. The molecule has 190 valence electrons. The maximum absolute atomic E-state index is 11.7.